The first kappa shape index (κ1) is 22.4. The molecular weight excluding hydrogens is 354 g/mol. The third kappa shape index (κ3) is 5.80. The van der Waals surface area contributed by atoms with E-state index in [9.17, 15) is 19.6 Å². The summed E-state index contributed by atoms with van der Waals surface area (Å²) < 4.78 is 0. The first-order valence-electron chi connectivity index (χ1n) is 10.7. The van der Waals surface area contributed by atoms with Crippen molar-refractivity contribution in [3.05, 3.63) is 0 Å². The molecule has 0 unspecified atom stereocenters. The largest absolute Gasteiger partial charge is 0.353 e. The lowest BCUT2D eigenvalue weighted by Crippen LogP contribution is -2.45. The highest BCUT2D eigenvalue weighted by molar-refractivity contribution is 5.90. The molecule has 2 heterocycles. The zero-order valence-corrected chi connectivity index (χ0v) is 17.7. The summed E-state index contributed by atoms with van der Waals surface area (Å²) in [5.74, 6) is -0.564. The molecule has 0 aromatic carbocycles. The molecule has 0 aromatic rings. The van der Waals surface area contributed by atoms with Gasteiger partial charge < -0.3 is 10.2 Å². The quantitative estimate of drug-likeness (QED) is 0.786. The number of nitrogens with zero attached hydrogens (tertiary/aromatic N) is 2. The molecule has 0 radical (unpaired) electrons. The van der Waals surface area contributed by atoms with Crippen molar-refractivity contribution in [2.24, 2.45) is 23.7 Å². The Morgan fingerprint density at radius 1 is 1.18 bits per heavy atom. The Morgan fingerprint density at radius 3 is 2.50 bits per heavy atom. The van der Waals surface area contributed by atoms with Crippen LogP contribution in [0.5, 0.6) is 0 Å². The average molecular weight is 390 g/mol. The maximum absolute atomic E-state index is 13.1. The maximum Gasteiger partial charge on any atom is 0.225 e. The number of rotatable bonds is 2. The number of hydrogen-bond acceptors (Lipinski definition) is 4. The van der Waals surface area contributed by atoms with E-state index in [2.05, 4.69) is 11.4 Å². The van der Waals surface area contributed by atoms with Gasteiger partial charge in [-0.1, -0.05) is 33.6 Å². The van der Waals surface area contributed by atoms with Gasteiger partial charge >= 0.3 is 0 Å². The van der Waals surface area contributed by atoms with E-state index in [1.807, 2.05) is 20.8 Å². The van der Waals surface area contributed by atoms with Crippen LogP contribution in [0.3, 0.4) is 0 Å². The fourth-order valence-corrected chi connectivity index (χ4v) is 4.54. The van der Waals surface area contributed by atoms with Gasteiger partial charge in [-0.2, -0.15) is 5.26 Å². The summed E-state index contributed by atoms with van der Waals surface area (Å²) in [6.45, 7) is 6.00. The number of likely N-dealkylation sites (N-methyl/N-ethyl adjacent to an activating group) is 1. The van der Waals surface area contributed by atoms with Crippen LogP contribution in [0.25, 0.3) is 0 Å². The van der Waals surface area contributed by atoms with E-state index in [1.165, 1.54) is 0 Å². The number of fused-ring (bicyclic) bond motifs is 2. The summed E-state index contributed by atoms with van der Waals surface area (Å²) in [5, 5.41) is 12.6. The zero-order chi connectivity index (χ0) is 20.8. The van der Waals surface area contributed by atoms with Crippen LogP contribution in [-0.2, 0) is 14.4 Å². The summed E-state index contributed by atoms with van der Waals surface area (Å²) in [7, 11) is 1.72. The van der Waals surface area contributed by atoms with Gasteiger partial charge in [-0.25, -0.2) is 0 Å². The van der Waals surface area contributed by atoms with Crippen molar-refractivity contribution in [3.8, 4) is 6.07 Å². The van der Waals surface area contributed by atoms with Crippen molar-refractivity contribution in [3.63, 3.8) is 0 Å². The first-order chi connectivity index (χ1) is 13.2. The van der Waals surface area contributed by atoms with Crippen LogP contribution < -0.4 is 5.32 Å². The maximum atomic E-state index is 13.1. The lowest BCUT2D eigenvalue weighted by atomic mass is 9.86. The molecule has 0 spiro atoms. The van der Waals surface area contributed by atoms with Gasteiger partial charge in [-0.3, -0.25) is 14.4 Å². The zero-order valence-electron chi connectivity index (χ0n) is 17.7. The number of nitrogens with one attached hydrogen (secondary N) is 1. The van der Waals surface area contributed by atoms with Crippen molar-refractivity contribution in [2.45, 2.75) is 84.2 Å². The third-order valence-electron chi connectivity index (χ3n) is 6.23. The number of nitriles is 1. The minimum atomic E-state index is -0.499. The van der Waals surface area contributed by atoms with Gasteiger partial charge in [-0.05, 0) is 38.0 Å². The van der Waals surface area contributed by atoms with Crippen LogP contribution in [0.1, 0.15) is 72.1 Å². The number of carbonyl (C=O) groups excluding carboxylic acids is 3. The van der Waals surface area contributed by atoms with Crippen LogP contribution in [0, 0.1) is 35.0 Å². The van der Waals surface area contributed by atoms with Crippen LogP contribution in [-0.4, -0.2) is 41.6 Å². The molecule has 2 aliphatic rings. The average Bonchev–Trinajstić information content (AvgIpc) is 2.99. The van der Waals surface area contributed by atoms with Crippen molar-refractivity contribution in [2.75, 3.05) is 7.05 Å². The highest BCUT2D eigenvalue weighted by Crippen LogP contribution is 2.29. The molecule has 5 atom stereocenters. The van der Waals surface area contributed by atoms with Crippen molar-refractivity contribution in [1.29, 1.82) is 5.26 Å². The van der Waals surface area contributed by atoms with E-state index in [4.69, 9.17) is 0 Å². The second-order valence-electron chi connectivity index (χ2n) is 9.15. The molecule has 6 nitrogen and oxygen atoms in total. The fraction of sp³-hybridized carbons (Fsp3) is 0.818. The van der Waals surface area contributed by atoms with E-state index >= 15 is 0 Å². The Morgan fingerprint density at radius 2 is 1.86 bits per heavy atom. The van der Waals surface area contributed by atoms with E-state index in [-0.39, 0.29) is 47.8 Å². The van der Waals surface area contributed by atoms with Gasteiger partial charge in [0, 0.05) is 31.3 Å². The molecule has 28 heavy (non-hydrogen) atoms. The minimum absolute atomic E-state index is 0.0113. The predicted molar refractivity (Wildman–Crippen MR) is 107 cm³/mol. The summed E-state index contributed by atoms with van der Waals surface area (Å²) >= 11 is 0. The van der Waals surface area contributed by atoms with Gasteiger partial charge in [0.25, 0.3) is 0 Å². The lowest BCUT2D eigenvalue weighted by molar-refractivity contribution is -0.141. The molecule has 1 N–H and O–H groups in total. The molecule has 2 fully saturated rings. The van der Waals surface area contributed by atoms with Crippen LogP contribution in [0.2, 0.25) is 0 Å². The fourth-order valence-electron chi connectivity index (χ4n) is 4.54. The summed E-state index contributed by atoms with van der Waals surface area (Å²) in [4.78, 5) is 39.9. The molecule has 0 aromatic heterocycles. The first-order valence-corrected chi connectivity index (χ1v) is 10.7. The predicted octanol–water partition coefficient (Wildman–Crippen LogP) is 3.06. The van der Waals surface area contributed by atoms with Gasteiger partial charge in [-0.15, -0.1) is 0 Å². The SMILES string of the molecule is CC(C)C[C@H]1C(=O)C[C@H](C#N)C[C@@H]2C[C@@H](CCCC[C@H](C)C(=O)N1C)NC2=O. The minimum Gasteiger partial charge on any atom is -0.353 e. The van der Waals surface area contributed by atoms with Crippen LogP contribution in [0.4, 0.5) is 0 Å². The standard InChI is InChI=1S/C22H35N3O3/c1-14(2)9-19-20(26)11-16(13-23)10-17-12-18(24-21(17)27)8-6-5-7-15(3)22(28)25(19)4/h14-19H,5-12H2,1-4H3,(H,24,27)/t15-,16+,17+,18+,19-/m0/s1. The topological polar surface area (TPSA) is 90.3 Å². The highest BCUT2D eigenvalue weighted by Gasteiger charge is 2.36. The molecule has 156 valence electrons. The number of ketones is 1. The molecule has 2 bridgehead atoms. The van der Waals surface area contributed by atoms with Gasteiger partial charge in [0.15, 0.2) is 5.78 Å². The molecule has 2 rings (SSSR count). The smallest absolute Gasteiger partial charge is 0.225 e. The molecule has 0 saturated carbocycles. The second-order valence-corrected chi connectivity index (χ2v) is 9.15. The number of hydrogen-bond donors (Lipinski definition) is 1. The molecular formula is C22H35N3O3. The monoisotopic (exact) mass is 389 g/mol. The Bertz CT molecular complexity index is 625. The normalized spacial score (nSPS) is 33.2. The van der Waals surface area contributed by atoms with Crippen molar-refractivity contribution >= 4 is 17.6 Å². The number of Topliss-reactive ketones (excluding diaryl/α,β-unsaturated/α-hetero) is 1. The Hall–Kier alpha value is -1.90. The Balaban J connectivity index is 2.24. The third-order valence-corrected chi connectivity index (χ3v) is 6.23. The van der Waals surface area contributed by atoms with Crippen LogP contribution in [0.15, 0.2) is 0 Å². The van der Waals surface area contributed by atoms with Crippen molar-refractivity contribution < 1.29 is 14.4 Å². The molecule has 2 saturated heterocycles. The van der Waals surface area contributed by atoms with Gasteiger partial charge in [0.05, 0.1) is 18.0 Å². The summed E-state index contributed by atoms with van der Waals surface area (Å²) in [5.41, 5.74) is 0. The van der Waals surface area contributed by atoms with E-state index in [0.717, 1.165) is 32.1 Å². The highest BCUT2D eigenvalue weighted by atomic mass is 16.2. The Kier molecular flexibility index (Phi) is 8.03. The molecule has 2 amide bonds. The molecule has 2 aliphatic heterocycles. The number of carbonyl (C=O) groups is 3. The lowest BCUT2D eigenvalue weighted by Gasteiger charge is -2.31. The summed E-state index contributed by atoms with van der Waals surface area (Å²) in [6.07, 6.45) is 5.46. The Labute approximate surface area is 169 Å². The van der Waals surface area contributed by atoms with Gasteiger partial charge in [0.2, 0.25) is 11.8 Å². The van der Waals surface area contributed by atoms with E-state index in [0.29, 0.717) is 12.8 Å². The van der Waals surface area contributed by atoms with E-state index in [1.54, 1.807) is 11.9 Å². The second kappa shape index (κ2) is 10.0. The van der Waals surface area contributed by atoms with Crippen LogP contribution >= 0.6 is 0 Å². The van der Waals surface area contributed by atoms with Crippen molar-refractivity contribution in [1.82, 2.24) is 10.2 Å². The molecule has 0 aliphatic carbocycles. The summed E-state index contributed by atoms with van der Waals surface area (Å²) in [6, 6.07) is 1.89. The molecule has 6 heteroatoms. The van der Waals surface area contributed by atoms with E-state index < -0.39 is 12.0 Å². The number of amides is 2. The van der Waals surface area contributed by atoms with Gasteiger partial charge in [0.1, 0.15) is 0 Å².